The maximum absolute atomic E-state index is 6.11. The summed E-state index contributed by atoms with van der Waals surface area (Å²) in [5, 5.41) is 7.31. The summed E-state index contributed by atoms with van der Waals surface area (Å²) in [6.45, 7) is 8.92. The van der Waals surface area contributed by atoms with E-state index in [0.29, 0.717) is 22.5 Å². The van der Waals surface area contributed by atoms with Crippen molar-refractivity contribution in [1.29, 1.82) is 0 Å². The van der Waals surface area contributed by atoms with E-state index in [1.165, 1.54) is 11.3 Å². The monoisotopic (exact) mass is 481 g/mol. The van der Waals surface area contributed by atoms with Gasteiger partial charge in [0, 0.05) is 47.8 Å². The number of anilines is 2. The average Bonchev–Trinajstić information content (AvgIpc) is 3.26. The molecule has 4 heterocycles. The minimum absolute atomic E-state index is 0.0464. The first kappa shape index (κ1) is 23.1. The molecule has 0 unspecified atom stereocenters. The van der Waals surface area contributed by atoms with Crippen LogP contribution in [0.15, 0.2) is 30.9 Å². The minimum Gasteiger partial charge on any atom is -0.460 e. The number of thiazole rings is 1. The Morgan fingerprint density at radius 3 is 2.53 bits per heavy atom. The summed E-state index contributed by atoms with van der Waals surface area (Å²) in [5.41, 5.74) is 2.27. The maximum atomic E-state index is 6.11. The first-order valence-electron chi connectivity index (χ1n) is 11.7. The Hall–Kier alpha value is -2.69. The molecule has 1 saturated carbocycles. The van der Waals surface area contributed by atoms with Crippen LogP contribution in [0.3, 0.4) is 0 Å². The van der Waals surface area contributed by atoms with Crippen LogP contribution in [0.5, 0.6) is 6.01 Å². The van der Waals surface area contributed by atoms with E-state index in [1.54, 1.807) is 12.4 Å². The topological polar surface area (TPSA) is 107 Å². The van der Waals surface area contributed by atoms with Crippen LogP contribution in [0.2, 0.25) is 0 Å². The smallest absolute Gasteiger partial charge is 0.317 e. The van der Waals surface area contributed by atoms with Crippen molar-refractivity contribution in [3.8, 4) is 16.6 Å². The summed E-state index contributed by atoms with van der Waals surface area (Å²) in [6.07, 6.45) is 11.7. The highest BCUT2D eigenvalue weighted by Gasteiger charge is 2.42. The Bertz CT molecular complexity index is 1100. The highest BCUT2D eigenvalue weighted by molar-refractivity contribution is 7.18. The van der Waals surface area contributed by atoms with E-state index in [4.69, 9.17) is 9.47 Å². The lowest BCUT2D eigenvalue weighted by atomic mass is 9.72. The van der Waals surface area contributed by atoms with Crippen LogP contribution in [0.4, 0.5) is 11.1 Å². The second kappa shape index (κ2) is 9.52. The highest BCUT2D eigenvalue weighted by atomic mass is 32.1. The number of ether oxygens (including phenoxy) is 2. The third-order valence-electron chi connectivity index (χ3n) is 6.22. The molecule has 5 rings (SSSR count). The Balaban J connectivity index is 1.18. The van der Waals surface area contributed by atoms with Crippen molar-refractivity contribution in [1.82, 2.24) is 30.2 Å². The summed E-state index contributed by atoms with van der Waals surface area (Å²) in [6, 6.07) is 2.30. The highest BCUT2D eigenvalue weighted by Crippen LogP contribution is 2.43. The van der Waals surface area contributed by atoms with Gasteiger partial charge in [-0.1, -0.05) is 11.3 Å². The molecule has 2 aliphatic rings. The lowest BCUT2D eigenvalue weighted by molar-refractivity contribution is -0.140. The first-order valence-corrected chi connectivity index (χ1v) is 12.5. The van der Waals surface area contributed by atoms with Gasteiger partial charge in [0.05, 0.1) is 23.8 Å². The van der Waals surface area contributed by atoms with Crippen LogP contribution in [0, 0.1) is 5.41 Å². The fourth-order valence-electron chi connectivity index (χ4n) is 4.11. The number of aromatic nitrogens is 5. The van der Waals surface area contributed by atoms with Gasteiger partial charge in [-0.05, 0) is 52.5 Å². The largest absolute Gasteiger partial charge is 0.460 e. The Kier molecular flexibility index (Phi) is 6.46. The summed E-state index contributed by atoms with van der Waals surface area (Å²) in [5.74, 6) is 0.513. The molecule has 1 aliphatic carbocycles. The lowest BCUT2D eigenvalue weighted by Gasteiger charge is -2.45. The third-order valence-corrected chi connectivity index (χ3v) is 7.16. The van der Waals surface area contributed by atoms with Gasteiger partial charge in [-0.3, -0.25) is 0 Å². The van der Waals surface area contributed by atoms with E-state index in [2.05, 4.69) is 56.3 Å². The molecule has 2 fully saturated rings. The molecule has 1 aliphatic heterocycles. The Morgan fingerprint density at radius 2 is 1.85 bits per heavy atom. The molecular weight excluding hydrogens is 450 g/mol. The standard InChI is InChI=1S/C24H31N7O2S/c1-23(2,3)29-12-16-10-26-20(27-11-16)31-22-28-13-19(34-22)18-6-9-25-21(30-18)33-17-4-7-24(8-5-17)14-32-15-24/h6,9-11,13,17,29H,4-5,7-8,12,14-15H2,1-3H3,(H,26,27,28,31). The van der Waals surface area contributed by atoms with Crippen molar-refractivity contribution in [2.24, 2.45) is 5.41 Å². The predicted molar refractivity (Wildman–Crippen MR) is 131 cm³/mol. The molecule has 180 valence electrons. The summed E-state index contributed by atoms with van der Waals surface area (Å²) in [4.78, 5) is 23.2. The van der Waals surface area contributed by atoms with Crippen molar-refractivity contribution in [3.63, 3.8) is 0 Å². The number of nitrogens with one attached hydrogen (secondary N) is 2. The number of rotatable bonds is 7. The normalized spacial score (nSPS) is 18.0. The number of hydrogen-bond donors (Lipinski definition) is 2. The maximum Gasteiger partial charge on any atom is 0.317 e. The van der Waals surface area contributed by atoms with Gasteiger partial charge in [0.1, 0.15) is 6.10 Å². The second-order valence-corrected chi connectivity index (χ2v) is 11.2. The predicted octanol–water partition coefficient (Wildman–Crippen LogP) is 4.36. The molecule has 1 saturated heterocycles. The van der Waals surface area contributed by atoms with Crippen LogP contribution >= 0.6 is 11.3 Å². The van der Waals surface area contributed by atoms with E-state index in [9.17, 15) is 0 Å². The van der Waals surface area contributed by atoms with Crippen LogP contribution in [0.25, 0.3) is 10.6 Å². The van der Waals surface area contributed by atoms with Gasteiger partial charge in [-0.25, -0.2) is 19.9 Å². The van der Waals surface area contributed by atoms with Gasteiger partial charge < -0.3 is 20.1 Å². The van der Waals surface area contributed by atoms with Crippen molar-refractivity contribution in [3.05, 3.63) is 36.4 Å². The summed E-state index contributed by atoms with van der Waals surface area (Å²) >= 11 is 1.49. The zero-order valence-electron chi connectivity index (χ0n) is 19.9. The van der Waals surface area contributed by atoms with Gasteiger partial charge in [-0.15, -0.1) is 0 Å². The van der Waals surface area contributed by atoms with Crippen LogP contribution < -0.4 is 15.4 Å². The summed E-state index contributed by atoms with van der Waals surface area (Å²) < 4.78 is 11.5. The molecule has 0 bridgehead atoms. The van der Waals surface area contributed by atoms with Crippen molar-refractivity contribution in [2.45, 2.75) is 64.6 Å². The van der Waals surface area contributed by atoms with Crippen molar-refractivity contribution >= 4 is 22.4 Å². The van der Waals surface area contributed by atoms with Crippen LogP contribution in [-0.2, 0) is 11.3 Å². The molecule has 0 atom stereocenters. The molecule has 10 heteroatoms. The lowest BCUT2D eigenvalue weighted by Crippen LogP contribution is -2.46. The summed E-state index contributed by atoms with van der Waals surface area (Å²) in [7, 11) is 0. The first-order chi connectivity index (χ1) is 16.4. The van der Waals surface area contributed by atoms with E-state index >= 15 is 0 Å². The zero-order chi connectivity index (χ0) is 23.6. The molecule has 0 aromatic carbocycles. The SMILES string of the molecule is CC(C)(C)NCc1cnc(Nc2ncc(-c3ccnc(OC4CCC5(CC4)COC5)n3)s2)nc1. The number of nitrogens with zero attached hydrogens (tertiary/aromatic N) is 5. The molecule has 34 heavy (non-hydrogen) atoms. The van der Waals surface area contributed by atoms with Crippen molar-refractivity contribution < 1.29 is 9.47 Å². The molecule has 3 aromatic rings. The third kappa shape index (κ3) is 5.68. The molecule has 3 aromatic heterocycles. The van der Waals surface area contributed by atoms with Gasteiger partial charge in [0.25, 0.3) is 0 Å². The second-order valence-electron chi connectivity index (χ2n) is 10.2. The Labute approximate surface area is 203 Å². The van der Waals surface area contributed by atoms with Crippen LogP contribution in [0.1, 0.15) is 52.0 Å². The van der Waals surface area contributed by atoms with Gasteiger partial charge in [0.2, 0.25) is 5.95 Å². The number of hydrogen-bond acceptors (Lipinski definition) is 10. The zero-order valence-corrected chi connectivity index (χ0v) is 20.7. The van der Waals surface area contributed by atoms with E-state index < -0.39 is 0 Å². The van der Waals surface area contributed by atoms with E-state index in [0.717, 1.165) is 61.6 Å². The van der Waals surface area contributed by atoms with Gasteiger partial charge >= 0.3 is 6.01 Å². The quantitative estimate of drug-likeness (QED) is 0.509. The van der Waals surface area contributed by atoms with Crippen molar-refractivity contribution in [2.75, 3.05) is 18.5 Å². The van der Waals surface area contributed by atoms with E-state index in [-0.39, 0.29) is 11.6 Å². The van der Waals surface area contributed by atoms with Gasteiger partial charge in [-0.2, -0.15) is 4.98 Å². The van der Waals surface area contributed by atoms with E-state index in [1.807, 2.05) is 18.5 Å². The minimum atomic E-state index is 0.0464. The average molecular weight is 482 g/mol. The molecule has 2 N–H and O–H groups in total. The van der Waals surface area contributed by atoms with Crippen LogP contribution in [-0.4, -0.2) is 49.8 Å². The fraction of sp³-hybridized carbons (Fsp3) is 0.542. The molecular formula is C24H31N7O2S. The Morgan fingerprint density at radius 1 is 1.09 bits per heavy atom. The molecule has 9 nitrogen and oxygen atoms in total. The molecule has 0 amide bonds. The molecule has 0 radical (unpaired) electrons. The fourth-order valence-corrected chi connectivity index (χ4v) is 4.89. The van der Waals surface area contributed by atoms with Gasteiger partial charge in [0.15, 0.2) is 5.13 Å². The molecule has 1 spiro atoms.